The first-order valence-corrected chi connectivity index (χ1v) is 9.27. The van der Waals surface area contributed by atoms with Crippen LogP contribution < -0.4 is 4.74 Å². The Balaban J connectivity index is 1.61. The van der Waals surface area contributed by atoms with Crippen LogP contribution in [0.2, 0.25) is 0 Å². The molecule has 0 amide bonds. The van der Waals surface area contributed by atoms with Crippen molar-refractivity contribution in [1.82, 2.24) is 9.99 Å². The summed E-state index contributed by atoms with van der Waals surface area (Å²) >= 11 is 3.57. The van der Waals surface area contributed by atoms with Crippen LogP contribution in [0.5, 0.6) is 5.75 Å². The van der Waals surface area contributed by atoms with E-state index in [-0.39, 0.29) is 12.3 Å². The van der Waals surface area contributed by atoms with Gasteiger partial charge >= 0.3 is 0 Å². The Morgan fingerprint density at radius 3 is 2.73 bits per heavy atom. The van der Waals surface area contributed by atoms with Gasteiger partial charge in [-0.3, -0.25) is 4.98 Å². The molecule has 6 heteroatoms. The quantitative estimate of drug-likeness (QED) is 0.598. The Bertz CT molecular complexity index is 999. The number of furan rings is 1. The summed E-state index contributed by atoms with van der Waals surface area (Å²) in [7, 11) is 0. The van der Waals surface area contributed by atoms with Gasteiger partial charge in [0.05, 0.1) is 6.04 Å². The average Bonchev–Trinajstić information content (AvgIpc) is 3.28. The fourth-order valence-electron chi connectivity index (χ4n) is 3.54. The van der Waals surface area contributed by atoms with Gasteiger partial charge in [0.2, 0.25) is 6.23 Å². The second-order valence-corrected chi connectivity index (χ2v) is 7.41. The topological polar surface area (TPSA) is 50.9 Å². The van der Waals surface area contributed by atoms with Crippen molar-refractivity contribution in [3.05, 3.63) is 82.0 Å². The molecule has 0 radical (unpaired) electrons. The SMILES string of the molecule is Cc1ccc(C2=NN3[C@@H](C2)c2cc(Br)ccc2O[C@H]3c2ccncc2)o1. The first-order chi connectivity index (χ1) is 12.7. The van der Waals surface area contributed by atoms with Crippen LogP contribution in [-0.4, -0.2) is 15.7 Å². The smallest absolute Gasteiger partial charge is 0.213 e. The molecule has 4 heterocycles. The zero-order valence-corrected chi connectivity index (χ0v) is 15.7. The molecule has 2 aromatic heterocycles. The van der Waals surface area contributed by atoms with Crippen molar-refractivity contribution < 1.29 is 9.15 Å². The van der Waals surface area contributed by atoms with Crippen LogP contribution in [0.25, 0.3) is 0 Å². The predicted octanol–water partition coefficient (Wildman–Crippen LogP) is 4.99. The third-order valence-corrected chi connectivity index (χ3v) is 5.26. The monoisotopic (exact) mass is 409 g/mol. The van der Waals surface area contributed by atoms with E-state index in [4.69, 9.17) is 14.3 Å². The van der Waals surface area contributed by atoms with E-state index in [1.807, 2.05) is 48.3 Å². The second-order valence-electron chi connectivity index (χ2n) is 6.49. The predicted molar refractivity (Wildman–Crippen MR) is 101 cm³/mol. The molecule has 5 rings (SSSR count). The van der Waals surface area contributed by atoms with Crippen LogP contribution in [0.3, 0.4) is 0 Å². The van der Waals surface area contributed by atoms with Crippen LogP contribution in [0.1, 0.15) is 41.3 Å². The number of nitrogens with zero attached hydrogens (tertiary/aromatic N) is 3. The van der Waals surface area contributed by atoms with Gasteiger partial charge in [0.15, 0.2) is 0 Å². The normalized spacial score (nSPS) is 21.0. The van der Waals surface area contributed by atoms with Crippen molar-refractivity contribution in [3.63, 3.8) is 0 Å². The van der Waals surface area contributed by atoms with Crippen molar-refractivity contribution >= 4 is 21.6 Å². The van der Waals surface area contributed by atoms with Crippen molar-refractivity contribution in [2.75, 3.05) is 0 Å². The minimum absolute atomic E-state index is 0.106. The van der Waals surface area contributed by atoms with E-state index in [9.17, 15) is 0 Å². The number of rotatable bonds is 2. The maximum absolute atomic E-state index is 6.32. The number of fused-ring (bicyclic) bond motifs is 3. The van der Waals surface area contributed by atoms with Crippen LogP contribution in [0.4, 0.5) is 0 Å². The van der Waals surface area contributed by atoms with Crippen molar-refractivity contribution in [2.45, 2.75) is 25.6 Å². The van der Waals surface area contributed by atoms with E-state index in [1.165, 1.54) is 0 Å². The Morgan fingerprint density at radius 1 is 1.12 bits per heavy atom. The molecular weight excluding hydrogens is 394 g/mol. The van der Waals surface area contributed by atoms with Crippen molar-refractivity contribution in [1.29, 1.82) is 0 Å². The molecule has 2 atom stereocenters. The van der Waals surface area contributed by atoms with E-state index >= 15 is 0 Å². The van der Waals surface area contributed by atoms with E-state index in [0.717, 1.165) is 45.0 Å². The highest BCUT2D eigenvalue weighted by Crippen LogP contribution is 2.48. The molecule has 5 nitrogen and oxygen atoms in total. The Hall–Kier alpha value is -2.60. The van der Waals surface area contributed by atoms with Crippen LogP contribution in [0, 0.1) is 6.92 Å². The molecule has 2 aliphatic heterocycles. The number of aromatic nitrogens is 1. The zero-order valence-electron chi connectivity index (χ0n) is 14.1. The molecule has 1 aromatic carbocycles. The fraction of sp³-hybridized carbons (Fsp3) is 0.200. The average molecular weight is 410 g/mol. The summed E-state index contributed by atoms with van der Waals surface area (Å²) in [6.07, 6.45) is 4.05. The molecule has 26 heavy (non-hydrogen) atoms. The fourth-order valence-corrected chi connectivity index (χ4v) is 3.92. The third kappa shape index (κ3) is 2.52. The number of aryl methyl sites for hydroxylation is 1. The standard InChI is InChI=1S/C20H16BrN3O2/c1-12-2-4-19(25-12)16-11-17-15-10-14(21)3-5-18(15)26-20(24(17)23-16)13-6-8-22-9-7-13/h2-10,17,20H,11H2,1H3/t17-,20-/m0/s1. The minimum Gasteiger partial charge on any atom is -0.464 e. The van der Waals surface area contributed by atoms with Gasteiger partial charge in [-0.15, -0.1) is 0 Å². The van der Waals surface area contributed by atoms with Gasteiger partial charge in [-0.25, -0.2) is 5.01 Å². The summed E-state index contributed by atoms with van der Waals surface area (Å²) in [6, 6.07) is 14.1. The lowest BCUT2D eigenvalue weighted by Crippen LogP contribution is -2.33. The lowest BCUT2D eigenvalue weighted by molar-refractivity contribution is -0.0191. The number of hydrogen-bond acceptors (Lipinski definition) is 5. The van der Waals surface area contributed by atoms with E-state index in [1.54, 1.807) is 12.4 Å². The van der Waals surface area contributed by atoms with Gasteiger partial charge in [0.25, 0.3) is 0 Å². The molecule has 0 saturated heterocycles. The Morgan fingerprint density at radius 2 is 1.96 bits per heavy atom. The maximum Gasteiger partial charge on any atom is 0.213 e. The summed E-state index contributed by atoms with van der Waals surface area (Å²) in [5, 5.41) is 6.91. The van der Waals surface area contributed by atoms with Gasteiger partial charge < -0.3 is 9.15 Å². The highest BCUT2D eigenvalue weighted by Gasteiger charge is 2.41. The number of ether oxygens (including phenoxy) is 1. The lowest BCUT2D eigenvalue weighted by Gasteiger charge is -2.38. The number of halogens is 1. The minimum atomic E-state index is -0.287. The lowest BCUT2D eigenvalue weighted by atomic mass is 9.97. The number of pyridine rings is 1. The first kappa shape index (κ1) is 15.6. The Labute approximate surface area is 159 Å². The summed E-state index contributed by atoms with van der Waals surface area (Å²) in [4.78, 5) is 4.12. The molecule has 2 aliphatic rings. The molecule has 130 valence electrons. The third-order valence-electron chi connectivity index (χ3n) is 4.77. The zero-order chi connectivity index (χ0) is 17.7. The molecule has 0 N–H and O–H groups in total. The molecular formula is C20H16BrN3O2. The molecule has 0 aliphatic carbocycles. The highest BCUT2D eigenvalue weighted by molar-refractivity contribution is 9.10. The van der Waals surface area contributed by atoms with Crippen molar-refractivity contribution in [2.24, 2.45) is 5.10 Å². The van der Waals surface area contributed by atoms with Crippen molar-refractivity contribution in [3.8, 4) is 5.75 Å². The summed E-state index contributed by atoms with van der Waals surface area (Å²) in [6.45, 7) is 1.95. The Kier molecular flexibility index (Phi) is 3.60. The van der Waals surface area contributed by atoms with Crippen LogP contribution in [-0.2, 0) is 0 Å². The largest absolute Gasteiger partial charge is 0.464 e. The molecule has 0 bridgehead atoms. The van der Waals surface area contributed by atoms with Gasteiger partial charge in [-0.05, 0) is 49.4 Å². The van der Waals surface area contributed by atoms with E-state index in [0.29, 0.717) is 0 Å². The van der Waals surface area contributed by atoms with Gasteiger partial charge in [0.1, 0.15) is 23.0 Å². The van der Waals surface area contributed by atoms with Gasteiger partial charge in [-0.2, -0.15) is 5.10 Å². The van der Waals surface area contributed by atoms with Crippen LogP contribution >= 0.6 is 15.9 Å². The second kappa shape index (κ2) is 5.99. The molecule has 0 fully saturated rings. The van der Waals surface area contributed by atoms with Crippen LogP contribution in [0.15, 0.2) is 68.8 Å². The van der Waals surface area contributed by atoms with E-state index in [2.05, 4.69) is 27.0 Å². The van der Waals surface area contributed by atoms with E-state index < -0.39 is 0 Å². The summed E-state index contributed by atoms with van der Waals surface area (Å²) in [5.74, 6) is 2.60. The molecule has 3 aromatic rings. The molecule has 0 spiro atoms. The first-order valence-electron chi connectivity index (χ1n) is 8.48. The van der Waals surface area contributed by atoms with Gasteiger partial charge in [-0.1, -0.05) is 15.9 Å². The summed E-state index contributed by atoms with van der Waals surface area (Å²) < 4.78 is 13.2. The van der Waals surface area contributed by atoms with Gasteiger partial charge in [0, 0.05) is 34.4 Å². The number of hydrogen-bond donors (Lipinski definition) is 0. The molecule has 0 saturated carbocycles. The summed E-state index contributed by atoms with van der Waals surface area (Å²) in [5.41, 5.74) is 3.10. The number of hydrazone groups is 1. The highest BCUT2D eigenvalue weighted by atomic mass is 79.9. The maximum atomic E-state index is 6.32. The molecule has 0 unspecified atom stereocenters. The number of benzene rings is 1.